The molecule has 0 heterocycles. The summed E-state index contributed by atoms with van der Waals surface area (Å²) in [6, 6.07) is 12.4. The predicted octanol–water partition coefficient (Wildman–Crippen LogP) is 3.94. The summed E-state index contributed by atoms with van der Waals surface area (Å²) in [6.07, 6.45) is 0. The van der Waals surface area contributed by atoms with Gasteiger partial charge in [-0.2, -0.15) is 0 Å². The van der Waals surface area contributed by atoms with Crippen LogP contribution in [0.25, 0.3) is 0 Å². The van der Waals surface area contributed by atoms with Crippen molar-refractivity contribution in [3.63, 3.8) is 0 Å². The Labute approximate surface area is 120 Å². The molecule has 0 radical (unpaired) electrons. The number of hydrogen-bond acceptors (Lipinski definition) is 3. The minimum absolute atomic E-state index is 0.0464. The molecule has 98 valence electrons. The van der Waals surface area contributed by atoms with Gasteiger partial charge in [0.05, 0.1) is 12.2 Å². The molecule has 2 rings (SSSR count). The molecule has 0 amide bonds. The smallest absolute Gasteiger partial charge is 0.163 e. The molecule has 0 aliphatic rings. The number of carbonyl (C=O) groups excluding carboxylic acids is 1. The van der Waals surface area contributed by atoms with Crippen LogP contribution in [-0.4, -0.2) is 10.9 Å². The van der Waals surface area contributed by atoms with Gasteiger partial charge in [-0.05, 0) is 42.8 Å². The largest absolute Gasteiger partial charge is 0.457 e. The number of Topliss-reactive ketones (excluding diaryl/α,β-unsaturated/α-hetero) is 1. The Morgan fingerprint density at radius 2 is 2.05 bits per heavy atom. The Morgan fingerprint density at radius 3 is 2.74 bits per heavy atom. The first-order chi connectivity index (χ1) is 9.10. The molecule has 0 saturated heterocycles. The van der Waals surface area contributed by atoms with Crippen LogP contribution in [0.4, 0.5) is 0 Å². The summed E-state index contributed by atoms with van der Waals surface area (Å²) in [5.74, 6) is 1.03. The van der Waals surface area contributed by atoms with Gasteiger partial charge in [0.25, 0.3) is 0 Å². The van der Waals surface area contributed by atoms with Gasteiger partial charge in [0.15, 0.2) is 5.78 Å². The first-order valence-corrected chi connectivity index (χ1v) is 6.57. The second kappa shape index (κ2) is 5.99. The molecular formula is C15H13BrO3. The first kappa shape index (κ1) is 13.8. The lowest BCUT2D eigenvalue weighted by Gasteiger charge is -2.10. The average Bonchev–Trinajstić information content (AvgIpc) is 2.38. The van der Waals surface area contributed by atoms with Gasteiger partial charge >= 0.3 is 0 Å². The van der Waals surface area contributed by atoms with Gasteiger partial charge in [-0.15, -0.1) is 0 Å². The van der Waals surface area contributed by atoms with Crippen LogP contribution in [0.1, 0.15) is 22.8 Å². The molecule has 0 aromatic heterocycles. The van der Waals surface area contributed by atoms with Crippen LogP contribution in [0.3, 0.4) is 0 Å². The van der Waals surface area contributed by atoms with E-state index < -0.39 is 0 Å². The lowest BCUT2D eigenvalue weighted by Crippen LogP contribution is -1.97. The van der Waals surface area contributed by atoms with E-state index in [4.69, 9.17) is 9.84 Å². The molecule has 1 N–H and O–H groups in total. The van der Waals surface area contributed by atoms with Crippen molar-refractivity contribution in [1.29, 1.82) is 0 Å². The fourth-order valence-electron chi connectivity index (χ4n) is 1.71. The number of hydrogen-bond donors (Lipinski definition) is 1. The molecule has 2 aromatic carbocycles. The molecular weight excluding hydrogens is 308 g/mol. The normalized spacial score (nSPS) is 10.3. The minimum atomic E-state index is -0.0548. The van der Waals surface area contributed by atoms with E-state index in [0.717, 1.165) is 10.0 Å². The second-order valence-electron chi connectivity index (χ2n) is 4.10. The number of rotatable bonds is 4. The van der Waals surface area contributed by atoms with Crippen molar-refractivity contribution in [2.75, 3.05) is 0 Å². The molecule has 0 fully saturated rings. The summed E-state index contributed by atoms with van der Waals surface area (Å²) in [5, 5.41) is 9.10. The first-order valence-electron chi connectivity index (χ1n) is 5.78. The van der Waals surface area contributed by atoms with Crippen LogP contribution in [0, 0.1) is 0 Å². The van der Waals surface area contributed by atoms with E-state index in [0.29, 0.717) is 17.1 Å². The summed E-state index contributed by atoms with van der Waals surface area (Å²) in [5.41, 5.74) is 1.29. The number of carbonyl (C=O) groups is 1. The Bertz CT molecular complexity index is 608. The van der Waals surface area contributed by atoms with Gasteiger partial charge in [-0.25, -0.2) is 0 Å². The van der Waals surface area contributed by atoms with E-state index in [-0.39, 0.29) is 12.4 Å². The van der Waals surface area contributed by atoms with Gasteiger partial charge in [0, 0.05) is 4.47 Å². The van der Waals surface area contributed by atoms with E-state index >= 15 is 0 Å². The summed E-state index contributed by atoms with van der Waals surface area (Å²) in [4.78, 5) is 11.6. The molecule has 3 nitrogen and oxygen atoms in total. The third-order valence-corrected chi connectivity index (χ3v) is 3.13. The number of aliphatic hydroxyl groups is 1. The number of ether oxygens (including phenoxy) is 1. The van der Waals surface area contributed by atoms with Crippen molar-refractivity contribution < 1.29 is 14.6 Å². The zero-order valence-corrected chi connectivity index (χ0v) is 12.0. The van der Waals surface area contributed by atoms with Crippen molar-refractivity contribution in [3.8, 4) is 11.5 Å². The highest BCUT2D eigenvalue weighted by Crippen LogP contribution is 2.29. The molecule has 0 aliphatic heterocycles. The molecule has 0 bridgehead atoms. The summed E-state index contributed by atoms with van der Waals surface area (Å²) >= 11 is 3.36. The zero-order chi connectivity index (χ0) is 13.8. The lowest BCUT2D eigenvalue weighted by atomic mass is 10.1. The molecule has 0 atom stereocenters. The van der Waals surface area contributed by atoms with E-state index in [1.807, 2.05) is 0 Å². The molecule has 0 spiro atoms. The summed E-state index contributed by atoms with van der Waals surface area (Å²) in [7, 11) is 0. The highest BCUT2D eigenvalue weighted by Gasteiger charge is 2.10. The van der Waals surface area contributed by atoms with Crippen molar-refractivity contribution in [1.82, 2.24) is 0 Å². The minimum Gasteiger partial charge on any atom is -0.457 e. The zero-order valence-electron chi connectivity index (χ0n) is 10.4. The maximum atomic E-state index is 11.6. The van der Waals surface area contributed by atoms with Crippen molar-refractivity contribution in [2.24, 2.45) is 0 Å². The fraction of sp³-hybridized carbons (Fsp3) is 0.133. The standard InChI is InChI=1S/C15H13BrO3/c1-10(18)14-6-5-12(16)8-15(14)19-13-4-2-3-11(7-13)9-17/h2-8,17H,9H2,1H3. The molecule has 0 unspecified atom stereocenters. The van der Waals surface area contributed by atoms with Gasteiger partial charge in [0.1, 0.15) is 11.5 Å². The Balaban J connectivity index is 2.36. The summed E-state index contributed by atoms with van der Waals surface area (Å²) < 4.78 is 6.57. The predicted molar refractivity (Wildman–Crippen MR) is 76.6 cm³/mol. The monoisotopic (exact) mass is 320 g/mol. The van der Waals surface area contributed by atoms with Crippen LogP contribution in [0.15, 0.2) is 46.9 Å². The highest BCUT2D eigenvalue weighted by molar-refractivity contribution is 9.10. The number of ketones is 1. The van der Waals surface area contributed by atoms with E-state index in [1.54, 1.807) is 42.5 Å². The van der Waals surface area contributed by atoms with Gasteiger partial charge in [0.2, 0.25) is 0 Å². The topological polar surface area (TPSA) is 46.5 Å². The number of halogens is 1. The van der Waals surface area contributed by atoms with Crippen LogP contribution in [0.2, 0.25) is 0 Å². The molecule has 4 heteroatoms. The number of benzene rings is 2. The fourth-order valence-corrected chi connectivity index (χ4v) is 2.05. The van der Waals surface area contributed by atoms with Crippen LogP contribution < -0.4 is 4.74 Å². The van der Waals surface area contributed by atoms with Crippen LogP contribution >= 0.6 is 15.9 Å². The quantitative estimate of drug-likeness (QED) is 0.868. The molecule has 19 heavy (non-hydrogen) atoms. The maximum Gasteiger partial charge on any atom is 0.163 e. The number of aliphatic hydroxyl groups excluding tert-OH is 1. The third-order valence-electron chi connectivity index (χ3n) is 2.63. The van der Waals surface area contributed by atoms with E-state index in [2.05, 4.69) is 15.9 Å². The van der Waals surface area contributed by atoms with E-state index in [9.17, 15) is 4.79 Å². The van der Waals surface area contributed by atoms with Crippen molar-refractivity contribution in [2.45, 2.75) is 13.5 Å². The van der Waals surface area contributed by atoms with Gasteiger partial charge in [-0.3, -0.25) is 4.79 Å². The van der Waals surface area contributed by atoms with Gasteiger partial charge in [-0.1, -0.05) is 28.1 Å². The van der Waals surface area contributed by atoms with Crippen molar-refractivity contribution >= 4 is 21.7 Å². The van der Waals surface area contributed by atoms with Crippen LogP contribution in [-0.2, 0) is 6.61 Å². The summed E-state index contributed by atoms with van der Waals surface area (Å²) in [6.45, 7) is 1.45. The SMILES string of the molecule is CC(=O)c1ccc(Br)cc1Oc1cccc(CO)c1. The van der Waals surface area contributed by atoms with Crippen molar-refractivity contribution in [3.05, 3.63) is 58.1 Å². The lowest BCUT2D eigenvalue weighted by molar-refractivity contribution is 0.101. The molecule has 2 aromatic rings. The Morgan fingerprint density at radius 1 is 1.26 bits per heavy atom. The Kier molecular flexibility index (Phi) is 4.35. The molecule has 0 saturated carbocycles. The Hall–Kier alpha value is -1.65. The molecule has 0 aliphatic carbocycles. The maximum absolute atomic E-state index is 11.6. The average molecular weight is 321 g/mol. The second-order valence-corrected chi connectivity index (χ2v) is 5.02. The van der Waals surface area contributed by atoms with E-state index in [1.165, 1.54) is 6.92 Å². The highest BCUT2D eigenvalue weighted by atomic mass is 79.9. The third kappa shape index (κ3) is 3.43. The van der Waals surface area contributed by atoms with Crippen LogP contribution in [0.5, 0.6) is 11.5 Å². The van der Waals surface area contributed by atoms with Gasteiger partial charge < -0.3 is 9.84 Å².